The fourth-order valence-corrected chi connectivity index (χ4v) is 5.19. The number of carbonyl (C=O) groups excluding carboxylic acids is 1. The third kappa shape index (κ3) is 6.13. The normalized spacial score (nSPS) is 17.8. The topological polar surface area (TPSA) is 67.4 Å². The molecule has 6 nitrogen and oxygen atoms in total. The summed E-state index contributed by atoms with van der Waals surface area (Å²) in [5.74, 6) is 0.545. The molecule has 1 aliphatic heterocycles. The minimum Gasteiger partial charge on any atom is -0.488 e. The van der Waals surface area contributed by atoms with Gasteiger partial charge in [-0.05, 0) is 50.3 Å². The number of halogens is 3. The summed E-state index contributed by atoms with van der Waals surface area (Å²) in [5, 5.41) is 5.20. The van der Waals surface area contributed by atoms with E-state index in [-0.39, 0.29) is 23.1 Å². The van der Waals surface area contributed by atoms with Crippen LogP contribution in [0, 0.1) is 13.8 Å². The zero-order chi connectivity index (χ0) is 26.7. The van der Waals surface area contributed by atoms with Crippen molar-refractivity contribution in [1.82, 2.24) is 20.2 Å². The summed E-state index contributed by atoms with van der Waals surface area (Å²) < 4.78 is 45.8. The molecule has 0 aliphatic carbocycles. The van der Waals surface area contributed by atoms with E-state index in [0.717, 1.165) is 52.5 Å². The van der Waals surface area contributed by atoms with E-state index < -0.39 is 11.9 Å². The third-order valence-electron chi connectivity index (χ3n) is 6.69. The number of rotatable bonds is 9. The van der Waals surface area contributed by atoms with Gasteiger partial charge in [-0.3, -0.25) is 4.79 Å². The molecule has 2 atom stereocenters. The highest BCUT2D eigenvalue weighted by molar-refractivity contribution is 7.13. The molecule has 3 heterocycles. The molecule has 3 aromatic rings. The van der Waals surface area contributed by atoms with Crippen molar-refractivity contribution in [2.75, 3.05) is 20.1 Å². The number of likely N-dealkylation sites (N-methyl/N-ethyl adjacent to an activating group) is 1. The van der Waals surface area contributed by atoms with Gasteiger partial charge in [0, 0.05) is 43.4 Å². The van der Waals surface area contributed by atoms with Crippen molar-refractivity contribution in [1.29, 1.82) is 0 Å². The molecule has 37 heavy (non-hydrogen) atoms. The Bertz CT molecular complexity index is 1290. The Morgan fingerprint density at radius 2 is 2.08 bits per heavy atom. The number of ether oxygens (including phenoxy) is 1. The molecule has 1 fully saturated rings. The minimum atomic E-state index is -4.52. The average molecular weight is 533 g/mol. The number of carbonyl (C=O) groups is 1. The number of allylic oxidation sites excluding steroid dienone is 1. The molecule has 2 aromatic heterocycles. The van der Waals surface area contributed by atoms with Crippen LogP contribution in [-0.2, 0) is 11.0 Å². The standard InChI is InChI=1S/C27H31F3N4O2S/c1-5-6-7-8-11-34(4)26(35)21-12-18(14-31-21)36-22-13-20(25-33-23(15-37-25)27(28,29)30)32-24-17(3)16(2)9-10-19(22)24/h5,9-10,13,15,18,21,31H,1,6-8,11-12,14H2,2-4H3/t18?,21-/m0/s1. The summed E-state index contributed by atoms with van der Waals surface area (Å²) in [6.45, 7) is 8.78. The molecule has 4 rings (SSSR count). The lowest BCUT2D eigenvalue weighted by atomic mass is 10.0. The number of pyridine rings is 1. The van der Waals surface area contributed by atoms with Crippen LogP contribution < -0.4 is 10.1 Å². The number of thiazole rings is 1. The van der Waals surface area contributed by atoms with Crippen LogP contribution in [0.15, 0.2) is 36.2 Å². The van der Waals surface area contributed by atoms with Crippen molar-refractivity contribution in [2.24, 2.45) is 0 Å². The number of nitrogens with zero attached hydrogens (tertiary/aromatic N) is 3. The van der Waals surface area contributed by atoms with Crippen LogP contribution >= 0.6 is 11.3 Å². The summed E-state index contributed by atoms with van der Waals surface area (Å²) >= 11 is 0.899. The quantitative estimate of drug-likeness (QED) is 0.274. The van der Waals surface area contributed by atoms with Crippen LogP contribution in [0.5, 0.6) is 5.75 Å². The second-order valence-electron chi connectivity index (χ2n) is 9.43. The number of fused-ring (bicyclic) bond motifs is 1. The number of unbranched alkanes of at least 4 members (excludes halogenated alkanes) is 2. The molecule has 198 valence electrons. The van der Waals surface area contributed by atoms with E-state index in [9.17, 15) is 18.0 Å². The summed E-state index contributed by atoms with van der Waals surface area (Å²) in [6, 6.07) is 5.18. The smallest absolute Gasteiger partial charge is 0.434 e. The number of aromatic nitrogens is 2. The van der Waals surface area contributed by atoms with Gasteiger partial charge in [0.05, 0.1) is 11.6 Å². The van der Waals surface area contributed by atoms with Crippen molar-refractivity contribution in [2.45, 2.75) is 57.9 Å². The molecule has 10 heteroatoms. The molecule has 1 N–H and O–H groups in total. The largest absolute Gasteiger partial charge is 0.488 e. The van der Waals surface area contributed by atoms with Gasteiger partial charge in [-0.25, -0.2) is 9.97 Å². The maximum Gasteiger partial charge on any atom is 0.434 e. The van der Waals surface area contributed by atoms with E-state index in [1.807, 2.05) is 39.1 Å². The fourth-order valence-electron chi connectivity index (χ4n) is 4.40. The first-order valence-corrected chi connectivity index (χ1v) is 13.2. The van der Waals surface area contributed by atoms with E-state index >= 15 is 0 Å². The molecular weight excluding hydrogens is 501 g/mol. The predicted octanol–water partition coefficient (Wildman–Crippen LogP) is 5.92. The van der Waals surface area contributed by atoms with Crippen molar-refractivity contribution in [3.05, 3.63) is 53.1 Å². The van der Waals surface area contributed by atoms with Crippen LogP contribution in [0.25, 0.3) is 21.6 Å². The first kappa shape index (κ1) is 27.1. The molecule has 0 radical (unpaired) electrons. The second-order valence-corrected chi connectivity index (χ2v) is 10.3. The summed E-state index contributed by atoms with van der Waals surface area (Å²) in [6.07, 6.45) is 0.415. The highest BCUT2D eigenvalue weighted by atomic mass is 32.1. The highest BCUT2D eigenvalue weighted by Crippen LogP contribution is 2.37. The highest BCUT2D eigenvalue weighted by Gasteiger charge is 2.35. The monoisotopic (exact) mass is 532 g/mol. The molecule has 1 amide bonds. The van der Waals surface area contributed by atoms with E-state index in [1.54, 1.807) is 11.0 Å². The van der Waals surface area contributed by atoms with Gasteiger partial charge in [0.2, 0.25) is 5.91 Å². The Hall–Kier alpha value is -2.98. The maximum atomic E-state index is 13.2. The van der Waals surface area contributed by atoms with Gasteiger partial charge in [0.25, 0.3) is 0 Å². The van der Waals surface area contributed by atoms with Gasteiger partial charge in [-0.1, -0.05) is 12.1 Å². The van der Waals surface area contributed by atoms with E-state index in [0.29, 0.717) is 36.5 Å². The molecule has 1 saturated heterocycles. The SMILES string of the molecule is C=CCCCCN(C)C(=O)[C@@H]1CC(Oc2cc(-c3nc(C(F)(F)F)cs3)nc3c(C)c(C)ccc23)CN1. The number of benzene rings is 1. The van der Waals surface area contributed by atoms with Gasteiger partial charge >= 0.3 is 6.18 Å². The minimum absolute atomic E-state index is 0.0268. The van der Waals surface area contributed by atoms with Crippen LogP contribution in [0.3, 0.4) is 0 Å². The Kier molecular flexibility index (Phi) is 8.18. The third-order valence-corrected chi connectivity index (χ3v) is 7.56. The summed E-state index contributed by atoms with van der Waals surface area (Å²) in [7, 11) is 1.81. The molecule has 0 saturated carbocycles. The van der Waals surface area contributed by atoms with Crippen LogP contribution in [-0.4, -0.2) is 53.1 Å². The number of alkyl halides is 3. The lowest BCUT2D eigenvalue weighted by Crippen LogP contribution is -2.41. The van der Waals surface area contributed by atoms with E-state index in [4.69, 9.17) is 4.74 Å². The van der Waals surface area contributed by atoms with Gasteiger partial charge in [-0.2, -0.15) is 13.2 Å². The van der Waals surface area contributed by atoms with E-state index in [2.05, 4.69) is 21.9 Å². The van der Waals surface area contributed by atoms with Gasteiger partial charge in [-0.15, -0.1) is 17.9 Å². The summed E-state index contributed by atoms with van der Waals surface area (Å²) in [5.41, 5.74) is 1.99. The average Bonchev–Trinajstić information content (AvgIpc) is 3.54. The molecule has 1 aliphatic rings. The molecule has 0 spiro atoms. The van der Waals surface area contributed by atoms with Crippen LogP contribution in [0.2, 0.25) is 0 Å². The number of hydrogen-bond donors (Lipinski definition) is 1. The van der Waals surface area contributed by atoms with Gasteiger partial charge in [0.1, 0.15) is 22.6 Å². The lowest BCUT2D eigenvalue weighted by Gasteiger charge is -2.21. The zero-order valence-electron chi connectivity index (χ0n) is 21.2. The van der Waals surface area contributed by atoms with Gasteiger partial charge in [0.15, 0.2) is 5.69 Å². The Morgan fingerprint density at radius 3 is 2.78 bits per heavy atom. The van der Waals surface area contributed by atoms with Crippen molar-refractivity contribution >= 4 is 28.1 Å². The predicted molar refractivity (Wildman–Crippen MR) is 140 cm³/mol. The molecular formula is C27H31F3N4O2S. The lowest BCUT2D eigenvalue weighted by molar-refractivity contribution is -0.140. The number of amides is 1. The molecule has 1 aromatic carbocycles. The van der Waals surface area contributed by atoms with Crippen molar-refractivity contribution in [3.8, 4) is 16.5 Å². The summed E-state index contributed by atoms with van der Waals surface area (Å²) in [4.78, 5) is 23.1. The molecule has 0 bridgehead atoms. The first-order valence-electron chi connectivity index (χ1n) is 12.3. The fraction of sp³-hybridized carbons (Fsp3) is 0.444. The maximum absolute atomic E-state index is 13.2. The Balaban J connectivity index is 1.56. The van der Waals surface area contributed by atoms with Crippen molar-refractivity contribution in [3.63, 3.8) is 0 Å². The van der Waals surface area contributed by atoms with Crippen molar-refractivity contribution < 1.29 is 22.7 Å². The molecule has 1 unspecified atom stereocenters. The van der Waals surface area contributed by atoms with Gasteiger partial charge < -0.3 is 15.0 Å². The Morgan fingerprint density at radius 1 is 1.30 bits per heavy atom. The number of nitrogens with one attached hydrogen (secondary N) is 1. The number of hydrogen-bond acceptors (Lipinski definition) is 6. The first-order chi connectivity index (χ1) is 17.6. The van der Waals surface area contributed by atoms with Crippen LogP contribution in [0.4, 0.5) is 13.2 Å². The number of aryl methyl sites for hydroxylation is 2. The zero-order valence-corrected chi connectivity index (χ0v) is 22.0. The van der Waals surface area contributed by atoms with Crippen LogP contribution in [0.1, 0.15) is 42.5 Å². The Labute approximate surface area is 218 Å². The van der Waals surface area contributed by atoms with E-state index in [1.165, 1.54) is 0 Å². The second kappa shape index (κ2) is 11.2.